The van der Waals surface area contributed by atoms with E-state index in [9.17, 15) is 4.79 Å². The minimum atomic E-state index is -0.482. The van der Waals surface area contributed by atoms with Gasteiger partial charge in [-0.2, -0.15) is 0 Å². The molecule has 86 valence electrons. The molecule has 2 atom stereocenters. The van der Waals surface area contributed by atoms with E-state index in [1.807, 2.05) is 6.92 Å². The fourth-order valence-corrected chi connectivity index (χ4v) is 2.05. The van der Waals surface area contributed by atoms with E-state index in [-0.39, 0.29) is 5.97 Å². The van der Waals surface area contributed by atoms with E-state index in [0.29, 0.717) is 5.41 Å². The second kappa shape index (κ2) is 3.99. The highest BCUT2D eigenvalue weighted by atomic mass is 16.6. The van der Waals surface area contributed by atoms with Gasteiger partial charge in [-0.05, 0) is 43.6 Å². The molecular formula is C13H22O2. The summed E-state index contributed by atoms with van der Waals surface area (Å²) in [5, 5.41) is 0. The van der Waals surface area contributed by atoms with Crippen molar-refractivity contribution in [3.05, 3.63) is 12.7 Å². The van der Waals surface area contributed by atoms with Crippen molar-refractivity contribution in [3.8, 4) is 0 Å². The zero-order chi connectivity index (χ0) is 11.7. The van der Waals surface area contributed by atoms with Gasteiger partial charge < -0.3 is 4.74 Å². The molecule has 1 saturated carbocycles. The third-order valence-corrected chi connectivity index (χ3v) is 3.52. The van der Waals surface area contributed by atoms with E-state index >= 15 is 0 Å². The molecule has 0 bridgehead atoms. The first kappa shape index (κ1) is 12.3. The Bertz CT molecular complexity index is 268. The minimum Gasteiger partial charge on any atom is -0.455 e. The second-order valence-electron chi connectivity index (χ2n) is 5.54. The van der Waals surface area contributed by atoms with Crippen LogP contribution in [0.1, 0.15) is 47.0 Å². The van der Waals surface area contributed by atoms with Crippen LogP contribution in [0.3, 0.4) is 0 Å². The molecular weight excluding hydrogens is 188 g/mol. The molecule has 0 aromatic heterocycles. The van der Waals surface area contributed by atoms with Crippen molar-refractivity contribution < 1.29 is 9.53 Å². The number of esters is 1. The molecule has 0 N–H and O–H groups in total. The summed E-state index contributed by atoms with van der Waals surface area (Å²) in [6.07, 6.45) is 5.02. The molecule has 2 heteroatoms. The SMILES string of the molecule is C=CC(C)(CCC1CC1(C)C)OC(C)=O. The van der Waals surface area contributed by atoms with Gasteiger partial charge in [-0.3, -0.25) is 4.79 Å². The number of carbonyl (C=O) groups excluding carboxylic acids is 1. The van der Waals surface area contributed by atoms with Crippen LogP contribution in [-0.4, -0.2) is 11.6 Å². The van der Waals surface area contributed by atoms with Gasteiger partial charge in [0.1, 0.15) is 5.60 Å². The van der Waals surface area contributed by atoms with Gasteiger partial charge in [0.05, 0.1) is 0 Å². The van der Waals surface area contributed by atoms with Gasteiger partial charge in [-0.15, -0.1) is 0 Å². The lowest BCUT2D eigenvalue weighted by molar-refractivity contribution is -0.151. The lowest BCUT2D eigenvalue weighted by Gasteiger charge is -2.25. The van der Waals surface area contributed by atoms with Crippen molar-refractivity contribution in [3.63, 3.8) is 0 Å². The Balaban J connectivity index is 2.40. The second-order valence-corrected chi connectivity index (χ2v) is 5.54. The normalized spacial score (nSPS) is 26.5. The molecule has 1 aliphatic rings. The van der Waals surface area contributed by atoms with E-state index in [4.69, 9.17) is 4.74 Å². The topological polar surface area (TPSA) is 26.3 Å². The third kappa shape index (κ3) is 3.37. The molecule has 0 aromatic rings. The van der Waals surface area contributed by atoms with Crippen LogP contribution in [0, 0.1) is 11.3 Å². The van der Waals surface area contributed by atoms with Crippen LogP contribution >= 0.6 is 0 Å². The first-order valence-electron chi connectivity index (χ1n) is 5.62. The third-order valence-electron chi connectivity index (χ3n) is 3.52. The van der Waals surface area contributed by atoms with Gasteiger partial charge >= 0.3 is 5.97 Å². The monoisotopic (exact) mass is 210 g/mol. The number of hydrogen-bond acceptors (Lipinski definition) is 2. The minimum absolute atomic E-state index is 0.229. The maximum atomic E-state index is 10.9. The summed E-state index contributed by atoms with van der Waals surface area (Å²) < 4.78 is 5.28. The van der Waals surface area contributed by atoms with Crippen molar-refractivity contribution in [1.29, 1.82) is 0 Å². The Kier molecular flexibility index (Phi) is 3.27. The van der Waals surface area contributed by atoms with Gasteiger partial charge in [0.2, 0.25) is 0 Å². The number of hydrogen-bond donors (Lipinski definition) is 0. The smallest absolute Gasteiger partial charge is 0.303 e. The molecule has 0 radical (unpaired) electrons. The molecule has 2 nitrogen and oxygen atoms in total. The number of rotatable bonds is 5. The highest BCUT2D eigenvalue weighted by molar-refractivity contribution is 5.66. The fraction of sp³-hybridized carbons (Fsp3) is 0.769. The molecule has 0 aromatic carbocycles. The van der Waals surface area contributed by atoms with E-state index in [0.717, 1.165) is 18.8 Å². The van der Waals surface area contributed by atoms with Gasteiger partial charge in [0.15, 0.2) is 0 Å². The van der Waals surface area contributed by atoms with E-state index in [1.165, 1.54) is 13.3 Å². The average Bonchev–Trinajstić information content (AvgIpc) is 2.70. The Labute approximate surface area is 92.7 Å². The first-order valence-corrected chi connectivity index (χ1v) is 5.62. The van der Waals surface area contributed by atoms with E-state index in [2.05, 4.69) is 20.4 Å². The summed E-state index contributed by atoms with van der Waals surface area (Å²) in [5.74, 6) is 0.555. The number of ether oxygens (including phenoxy) is 1. The molecule has 0 amide bonds. The van der Waals surface area contributed by atoms with Crippen LogP contribution in [0.4, 0.5) is 0 Å². The predicted octanol–water partition coefficient (Wildman–Crippen LogP) is 3.32. The fourth-order valence-electron chi connectivity index (χ4n) is 2.05. The predicted molar refractivity (Wildman–Crippen MR) is 61.5 cm³/mol. The summed E-state index contributed by atoms with van der Waals surface area (Å²) in [5.41, 5.74) is 0.0167. The zero-order valence-corrected chi connectivity index (χ0v) is 10.3. The van der Waals surface area contributed by atoms with Crippen LogP contribution in [0.15, 0.2) is 12.7 Å². The van der Waals surface area contributed by atoms with E-state index < -0.39 is 5.60 Å². The Hall–Kier alpha value is -0.790. The Morgan fingerprint density at radius 3 is 2.53 bits per heavy atom. The number of carbonyl (C=O) groups is 1. The largest absolute Gasteiger partial charge is 0.455 e. The van der Waals surface area contributed by atoms with Crippen molar-refractivity contribution in [2.75, 3.05) is 0 Å². The van der Waals surface area contributed by atoms with Crippen molar-refractivity contribution in [2.24, 2.45) is 11.3 Å². The molecule has 1 aliphatic carbocycles. The molecule has 1 rings (SSSR count). The molecule has 2 unspecified atom stereocenters. The van der Waals surface area contributed by atoms with Gasteiger partial charge in [-0.25, -0.2) is 0 Å². The lowest BCUT2D eigenvalue weighted by atomic mass is 9.96. The lowest BCUT2D eigenvalue weighted by Crippen LogP contribution is -2.28. The van der Waals surface area contributed by atoms with Gasteiger partial charge in [0.25, 0.3) is 0 Å². The molecule has 1 fully saturated rings. The van der Waals surface area contributed by atoms with Crippen molar-refractivity contribution in [2.45, 2.75) is 52.6 Å². The van der Waals surface area contributed by atoms with Gasteiger partial charge in [-0.1, -0.05) is 20.4 Å². The van der Waals surface area contributed by atoms with Crippen LogP contribution in [-0.2, 0) is 9.53 Å². The first-order chi connectivity index (χ1) is 6.79. The van der Waals surface area contributed by atoms with Crippen molar-refractivity contribution >= 4 is 5.97 Å². The molecule has 0 saturated heterocycles. The average molecular weight is 210 g/mol. The van der Waals surface area contributed by atoms with Crippen molar-refractivity contribution in [1.82, 2.24) is 0 Å². The molecule has 0 spiro atoms. The van der Waals surface area contributed by atoms with Crippen LogP contribution < -0.4 is 0 Å². The Morgan fingerprint density at radius 1 is 1.67 bits per heavy atom. The maximum Gasteiger partial charge on any atom is 0.303 e. The van der Waals surface area contributed by atoms with Crippen LogP contribution in [0.2, 0.25) is 0 Å². The Morgan fingerprint density at radius 2 is 2.20 bits per heavy atom. The summed E-state index contributed by atoms with van der Waals surface area (Å²) in [6.45, 7) is 11.7. The zero-order valence-electron chi connectivity index (χ0n) is 10.3. The molecule has 0 heterocycles. The highest BCUT2D eigenvalue weighted by Gasteiger charge is 2.45. The van der Waals surface area contributed by atoms with Gasteiger partial charge in [0, 0.05) is 6.92 Å². The molecule has 15 heavy (non-hydrogen) atoms. The summed E-state index contributed by atoms with van der Waals surface area (Å²) in [6, 6.07) is 0. The highest BCUT2D eigenvalue weighted by Crippen LogP contribution is 2.54. The molecule has 0 aliphatic heterocycles. The quantitative estimate of drug-likeness (QED) is 0.514. The van der Waals surface area contributed by atoms with Crippen LogP contribution in [0.5, 0.6) is 0 Å². The summed E-state index contributed by atoms with van der Waals surface area (Å²) >= 11 is 0. The van der Waals surface area contributed by atoms with E-state index in [1.54, 1.807) is 6.08 Å². The van der Waals surface area contributed by atoms with Crippen LogP contribution in [0.25, 0.3) is 0 Å². The summed E-state index contributed by atoms with van der Waals surface area (Å²) in [4.78, 5) is 10.9. The summed E-state index contributed by atoms with van der Waals surface area (Å²) in [7, 11) is 0. The standard InChI is InChI=1S/C13H22O2/c1-6-13(5,15-10(2)14)8-7-11-9-12(11,3)4/h6,11H,1,7-9H2,2-5H3. The maximum absolute atomic E-state index is 10.9.